The van der Waals surface area contributed by atoms with Crippen LogP contribution in [0.3, 0.4) is 0 Å². The zero-order chi connectivity index (χ0) is 9.84. The van der Waals surface area contributed by atoms with Crippen LogP contribution in [0.4, 0.5) is 0 Å². The van der Waals surface area contributed by atoms with Gasteiger partial charge in [0.15, 0.2) is 0 Å². The molecule has 1 aromatic heterocycles. The second-order valence-corrected chi connectivity index (χ2v) is 4.40. The number of aryl methyl sites for hydroxylation is 1. The first-order valence-corrected chi connectivity index (χ1v) is 5.27. The van der Waals surface area contributed by atoms with Gasteiger partial charge in [-0.15, -0.1) is 11.3 Å². The van der Waals surface area contributed by atoms with Crippen LogP contribution >= 0.6 is 11.3 Å². The van der Waals surface area contributed by atoms with Gasteiger partial charge in [-0.25, -0.2) is 0 Å². The van der Waals surface area contributed by atoms with Crippen LogP contribution < -0.4 is 0 Å². The molecule has 1 rings (SSSR count). The molecule has 0 aliphatic heterocycles. The number of aliphatic hydroxyl groups excluding tert-OH is 1. The van der Waals surface area contributed by atoms with Crippen molar-refractivity contribution in [3.05, 3.63) is 21.9 Å². The average Bonchev–Trinajstić information content (AvgIpc) is 2.54. The molecule has 0 fully saturated rings. The fourth-order valence-electron chi connectivity index (χ4n) is 1.31. The lowest BCUT2D eigenvalue weighted by Crippen LogP contribution is -2.18. The van der Waals surface area contributed by atoms with Crippen molar-refractivity contribution >= 4 is 11.3 Å². The molecule has 2 atom stereocenters. The van der Waals surface area contributed by atoms with Gasteiger partial charge < -0.3 is 9.84 Å². The van der Waals surface area contributed by atoms with Crippen LogP contribution in [0.1, 0.15) is 29.2 Å². The highest BCUT2D eigenvalue weighted by atomic mass is 32.1. The van der Waals surface area contributed by atoms with E-state index in [1.807, 2.05) is 26.0 Å². The van der Waals surface area contributed by atoms with E-state index in [-0.39, 0.29) is 6.10 Å². The molecule has 3 heteroatoms. The Morgan fingerprint density at radius 1 is 1.54 bits per heavy atom. The van der Waals surface area contributed by atoms with Crippen LogP contribution in [0, 0.1) is 6.92 Å². The van der Waals surface area contributed by atoms with Crippen LogP contribution in [0.15, 0.2) is 12.1 Å². The van der Waals surface area contributed by atoms with Gasteiger partial charge in [-0.3, -0.25) is 0 Å². The summed E-state index contributed by atoms with van der Waals surface area (Å²) in [6.07, 6.45) is 0.265. The van der Waals surface area contributed by atoms with Gasteiger partial charge in [0, 0.05) is 16.9 Å². The van der Waals surface area contributed by atoms with Gasteiger partial charge in [0.25, 0.3) is 0 Å². The summed E-state index contributed by atoms with van der Waals surface area (Å²) in [7, 11) is 1.64. The number of hydrogen-bond acceptors (Lipinski definition) is 3. The van der Waals surface area contributed by atoms with Crippen LogP contribution in [0.2, 0.25) is 0 Å². The molecule has 0 saturated carbocycles. The number of hydrogen-bond donors (Lipinski definition) is 1. The molecule has 0 amide bonds. The van der Waals surface area contributed by atoms with E-state index >= 15 is 0 Å². The molecule has 0 radical (unpaired) electrons. The summed E-state index contributed by atoms with van der Waals surface area (Å²) in [5.41, 5.74) is 0. The van der Waals surface area contributed by atoms with Crippen molar-refractivity contribution in [2.75, 3.05) is 7.11 Å². The third-order valence-corrected chi connectivity index (χ3v) is 3.18. The SMILES string of the molecule is CCC(OC)C(O)c1ccc(C)s1. The first-order chi connectivity index (χ1) is 6.19. The lowest BCUT2D eigenvalue weighted by Gasteiger charge is -2.18. The van der Waals surface area contributed by atoms with E-state index < -0.39 is 6.10 Å². The number of rotatable bonds is 4. The lowest BCUT2D eigenvalue weighted by molar-refractivity contribution is -0.0131. The zero-order valence-corrected chi connectivity index (χ0v) is 9.10. The number of methoxy groups -OCH3 is 1. The Bertz CT molecular complexity index is 253. The molecule has 2 nitrogen and oxygen atoms in total. The molecule has 0 aliphatic carbocycles. The Kier molecular flexibility index (Phi) is 3.90. The minimum Gasteiger partial charge on any atom is -0.385 e. The molecule has 0 saturated heterocycles. The molecular weight excluding hydrogens is 184 g/mol. The fourth-order valence-corrected chi connectivity index (χ4v) is 2.23. The fraction of sp³-hybridized carbons (Fsp3) is 0.600. The first kappa shape index (κ1) is 10.7. The molecule has 1 N–H and O–H groups in total. The van der Waals surface area contributed by atoms with Crippen LogP contribution in [-0.2, 0) is 4.74 Å². The largest absolute Gasteiger partial charge is 0.385 e. The molecule has 74 valence electrons. The standard InChI is InChI=1S/C10H16O2S/c1-4-8(12-3)10(11)9-6-5-7(2)13-9/h5-6,8,10-11H,4H2,1-3H3. The minimum absolute atomic E-state index is 0.0851. The summed E-state index contributed by atoms with van der Waals surface area (Å²) < 4.78 is 5.18. The molecule has 2 unspecified atom stereocenters. The molecule has 0 aromatic carbocycles. The van der Waals surface area contributed by atoms with Gasteiger partial charge in [-0.1, -0.05) is 6.92 Å². The van der Waals surface area contributed by atoms with Crippen molar-refractivity contribution in [3.8, 4) is 0 Å². The third kappa shape index (κ3) is 2.53. The lowest BCUT2D eigenvalue weighted by atomic mass is 10.1. The number of thiophene rings is 1. The second kappa shape index (κ2) is 4.74. The van der Waals surface area contributed by atoms with Crippen molar-refractivity contribution in [1.82, 2.24) is 0 Å². The summed E-state index contributed by atoms with van der Waals surface area (Å²) in [4.78, 5) is 2.21. The normalized spacial score (nSPS) is 15.7. The molecule has 13 heavy (non-hydrogen) atoms. The average molecular weight is 200 g/mol. The molecule has 1 aromatic rings. The van der Waals surface area contributed by atoms with E-state index in [1.54, 1.807) is 18.4 Å². The maximum Gasteiger partial charge on any atom is 0.114 e. The van der Waals surface area contributed by atoms with Gasteiger partial charge in [0.2, 0.25) is 0 Å². The summed E-state index contributed by atoms with van der Waals surface area (Å²) in [6.45, 7) is 4.05. The van der Waals surface area contributed by atoms with Crippen molar-refractivity contribution in [3.63, 3.8) is 0 Å². The summed E-state index contributed by atoms with van der Waals surface area (Å²) >= 11 is 1.62. The van der Waals surface area contributed by atoms with Crippen molar-refractivity contribution in [2.24, 2.45) is 0 Å². The predicted molar refractivity (Wildman–Crippen MR) is 55.1 cm³/mol. The highest BCUT2D eigenvalue weighted by Crippen LogP contribution is 2.27. The number of ether oxygens (including phenoxy) is 1. The minimum atomic E-state index is -0.478. The highest BCUT2D eigenvalue weighted by Gasteiger charge is 2.19. The third-order valence-electron chi connectivity index (χ3n) is 2.11. The maximum atomic E-state index is 9.88. The summed E-state index contributed by atoms with van der Waals surface area (Å²) in [5.74, 6) is 0. The van der Waals surface area contributed by atoms with E-state index in [0.717, 1.165) is 11.3 Å². The van der Waals surface area contributed by atoms with Gasteiger partial charge in [0.05, 0.1) is 6.10 Å². The van der Waals surface area contributed by atoms with E-state index in [0.29, 0.717) is 0 Å². The van der Waals surface area contributed by atoms with Gasteiger partial charge in [-0.05, 0) is 25.5 Å². The van der Waals surface area contributed by atoms with Gasteiger partial charge >= 0.3 is 0 Å². The molecule has 0 aliphatic rings. The Hall–Kier alpha value is -0.380. The van der Waals surface area contributed by atoms with Crippen LogP contribution in [-0.4, -0.2) is 18.3 Å². The maximum absolute atomic E-state index is 9.88. The topological polar surface area (TPSA) is 29.5 Å². The molecule has 1 heterocycles. The van der Waals surface area contributed by atoms with Crippen molar-refractivity contribution in [2.45, 2.75) is 32.5 Å². The van der Waals surface area contributed by atoms with Crippen molar-refractivity contribution < 1.29 is 9.84 Å². The quantitative estimate of drug-likeness (QED) is 0.809. The van der Waals surface area contributed by atoms with E-state index in [2.05, 4.69) is 0 Å². The highest BCUT2D eigenvalue weighted by molar-refractivity contribution is 7.12. The Morgan fingerprint density at radius 2 is 2.23 bits per heavy atom. The Balaban J connectivity index is 2.71. The van der Waals surface area contributed by atoms with E-state index in [9.17, 15) is 5.11 Å². The summed E-state index contributed by atoms with van der Waals surface area (Å²) in [6, 6.07) is 3.98. The molecule has 0 spiro atoms. The Morgan fingerprint density at radius 3 is 2.62 bits per heavy atom. The second-order valence-electron chi connectivity index (χ2n) is 3.08. The molecule has 0 bridgehead atoms. The first-order valence-electron chi connectivity index (χ1n) is 4.46. The smallest absolute Gasteiger partial charge is 0.114 e. The van der Waals surface area contributed by atoms with E-state index in [1.165, 1.54) is 4.88 Å². The zero-order valence-electron chi connectivity index (χ0n) is 8.28. The van der Waals surface area contributed by atoms with Gasteiger partial charge in [-0.2, -0.15) is 0 Å². The monoisotopic (exact) mass is 200 g/mol. The predicted octanol–water partition coefficient (Wildman–Crippen LogP) is 2.51. The van der Waals surface area contributed by atoms with Crippen molar-refractivity contribution in [1.29, 1.82) is 0 Å². The number of aliphatic hydroxyl groups is 1. The molecular formula is C10H16O2S. The Labute approximate surface area is 83.2 Å². The van der Waals surface area contributed by atoms with Gasteiger partial charge in [0.1, 0.15) is 6.10 Å². The van der Waals surface area contributed by atoms with Crippen LogP contribution in [0.5, 0.6) is 0 Å². The van der Waals surface area contributed by atoms with Crippen LogP contribution in [0.25, 0.3) is 0 Å². The van der Waals surface area contributed by atoms with E-state index in [4.69, 9.17) is 4.74 Å². The summed E-state index contributed by atoms with van der Waals surface area (Å²) in [5, 5.41) is 9.88.